The van der Waals surface area contributed by atoms with Crippen molar-refractivity contribution in [2.45, 2.75) is 10.1 Å². The number of hydrogen-bond donors (Lipinski definition) is 0. The second-order valence-corrected chi connectivity index (χ2v) is 5.07. The number of aromatic nitrogens is 5. The van der Waals surface area contributed by atoms with Crippen molar-refractivity contribution in [2.75, 3.05) is 0 Å². The van der Waals surface area contributed by atoms with E-state index in [0.717, 1.165) is 4.90 Å². The Morgan fingerprint density at radius 3 is 2.60 bits per heavy atom. The van der Waals surface area contributed by atoms with Gasteiger partial charge in [0.05, 0.1) is 0 Å². The summed E-state index contributed by atoms with van der Waals surface area (Å²) in [6, 6.07) is 7.79. The Bertz CT molecular complexity index is 717. The summed E-state index contributed by atoms with van der Waals surface area (Å²) < 4.78 is 14.3. The molecule has 2 heterocycles. The van der Waals surface area contributed by atoms with Gasteiger partial charge in [-0.3, -0.25) is 0 Å². The zero-order valence-corrected chi connectivity index (χ0v) is 11.5. The molecule has 100 valence electrons. The molecular weight excluding hydrogens is 301 g/mol. The summed E-state index contributed by atoms with van der Waals surface area (Å²) in [6.07, 6.45) is 3.32. The van der Waals surface area contributed by atoms with Crippen LogP contribution in [0, 0.1) is 5.82 Å². The fourth-order valence-electron chi connectivity index (χ4n) is 1.47. The smallest absolute Gasteiger partial charge is 0.207 e. The minimum atomic E-state index is -0.291. The molecule has 8 heteroatoms. The van der Waals surface area contributed by atoms with Crippen molar-refractivity contribution in [2.24, 2.45) is 0 Å². The van der Waals surface area contributed by atoms with Crippen LogP contribution >= 0.6 is 23.4 Å². The molecule has 3 aromatic rings. The molecule has 0 bridgehead atoms. The van der Waals surface area contributed by atoms with Gasteiger partial charge in [-0.15, -0.1) is 0 Å². The molecule has 3 rings (SSSR count). The van der Waals surface area contributed by atoms with Gasteiger partial charge < -0.3 is 0 Å². The molecular formula is C12H7ClFN5S. The maximum atomic E-state index is 12.9. The maximum Gasteiger partial charge on any atom is 0.255 e. The molecule has 0 aliphatic heterocycles. The van der Waals surface area contributed by atoms with E-state index in [0.29, 0.717) is 11.1 Å². The highest BCUT2D eigenvalue weighted by molar-refractivity contribution is 7.99. The first kappa shape index (κ1) is 13.0. The van der Waals surface area contributed by atoms with Gasteiger partial charge in [0.2, 0.25) is 5.28 Å². The van der Waals surface area contributed by atoms with E-state index in [1.54, 1.807) is 30.6 Å². The van der Waals surface area contributed by atoms with Crippen molar-refractivity contribution in [3.05, 3.63) is 53.8 Å². The number of hydrogen-bond acceptors (Lipinski definition) is 5. The summed E-state index contributed by atoms with van der Waals surface area (Å²) >= 11 is 7.15. The normalized spacial score (nSPS) is 10.7. The van der Waals surface area contributed by atoms with E-state index < -0.39 is 0 Å². The van der Waals surface area contributed by atoms with Gasteiger partial charge in [-0.25, -0.2) is 9.07 Å². The highest BCUT2D eigenvalue weighted by Crippen LogP contribution is 2.25. The van der Waals surface area contributed by atoms with Crippen LogP contribution in [0.2, 0.25) is 5.28 Å². The Kier molecular flexibility index (Phi) is 3.62. The Labute approximate surface area is 122 Å². The molecule has 1 aromatic carbocycles. The predicted molar refractivity (Wildman–Crippen MR) is 72.5 cm³/mol. The van der Waals surface area contributed by atoms with E-state index in [9.17, 15) is 4.39 Å². The third-order valence-corrected chi connectivity index (χ3v) is 3.35. The molecule has 0 fully saturated rings. The predicted octanol–water partition coefficient (Wildman–Crippen LogP) is 3.00. The van der Waals surface area contributed by atoms with Gasteiger partial charge >= 0.3 is 0 Å². The van der Waals surface area contributed by atoms with Crippen molar-refractivity contribution in [1.29, 1.82) is 0 Å². The van der Waals surface area contributed by atoms with Crippen molar-refractivity contribution in [3.8, 4) is 5.95 Å². The van der Waals surface area contributed by atoms with Crippen LogP contribution in [0.1, 0.15) is 0 Å². The molecule has 20 heavy (non-hydrogen) atoms. The lowest BCUT2D eigenvalue weighted by molar-refractivity contribution is 0.626. The summed E-state index contributed by atoms with van der Waals surface area (Å²) in [6.45, 7) is 0. The highest BCUT2D eigenvalue weighted by atomic mass is 35.5. The summed E-state index contributed by atoms with van der Waals surface area (Å²) in [7, 11) is 0. The molecule has 0 aliphatic rings. The van der Waals surface area contributed by atoms with E-state index in [1.807, 2.05) is 0 Å². The van der Waals surface area contributed by atoms with Crippen LogP contribution < -0.4 is 0 Å². The standard InChI is InChI=1S/C12H7ClFN5S/c13-10-16-11(19-7-1-6-15-19)18-12(17-10)20-9-4-2-8(14)3-5-9/h1-7H. The molecule has 0 saturated carbocycles. The average Bonchev–Trinajstić information content (AvgIpc) is 2.95. The van der Waals surface area contributed by atoms with Gasteiger partial charge in [0.25, 0.3) is 5.95 Å². The Morgan fingerprint density at radius 2 is 1.90 bits per heavy atom. The van der Waals surface area contributed by atoms with Gasteiger partial charge in [0.1, 0.15) is 5.82 Å². The van der Waals surface area contributed by atoms with E-state index in [-0.39, 0.29) is 11.1 Å². The van der Waals surface area contributed by atoms with Crippen LogP contribution in [0.3, 0.4) is 0 Å². The number of halogens is 2. The van der Waals surface area contributed by atoms with Crippen LogP contribution in [0.5, 0.6) is 0 Å². The minimum absolute atomic E-state index is 0.0788. The Morgan fingerprint density at radius 1 is 1.10 bits per heavy atom. The number of nitrogens with zero attached hydrogens (tertiary/aromatic N) is 5. The highest BCUT2D eigenvalue weighted by Gasteiger charge is 2.08. The van der Waals surface area contributed by atoms with Gasteiger partial charge in [-0.1, -0.05) is 0 Å². The lowest BCUT2D eigenvalue weighted by atomic mass is 10.4. The van der Waals surface area contributed by atoms with E-state index >= 15 is 0 Å². The summed E-state index contributed by atoms with van der Waals surface area (Å²) in [4.78, 5) is 13.1. The van der Waals surface area contributed by atoms with Crippen LogP contribution in [0.4, 0.5) is 4.39 Å². The zero-order chi connectivity index (χ0) is 13.9. The second kappa shape index (κ2) is 5.56. The molecule has 0 radical (unpaired) electrons. The topological polar surface area (TPSA) is 56.5 Å². The fraction of sp³-hybridized carbons (Fsp3) is 0. The summed E-state index contributed by atoms with van der Waals surface area (Å²) in [5, 5.41) is 4.53. The molecule has 2 aromatic heterocycles. The van der Waals surface area contributed by atoms with Gasteiger partial charge in [-0.05, 0) is 53.7 Å². The van der Waals surface area contributed by atoms with E-state index in [2.05, 4.69) is 20.1 Å². The molecule has 0 N–H and O–H groups in total. The summed E-state index contributed by atoms with van der Waals surface area (Å²) in [5.74, 6) is 0.0415. The Balaban J connectivity index is 1.92. The van der Waals surface area contributed by atoms with Crippen LogP contribution in [0.15, 0.2) is 52.8 Å². The molecule has 0 unspecified atom stereocenters. The fourth-order valence-corrected chi connectivity index (χ4v) is 2.41. The maximum absolute atomic E-state index is 12.9. The third-order valence-electron chi connectivity index (χ3n) is 2.31. The van der Waals surface area contributed by atoms with Crippen molar-refractivity contribution < 1.29 is 4.39 Å². The largest absolute Gasteiger partial charge is 0.255 e. The molecule has 0 amide bonds. The quantitative estimate of drug-likeness (QED) is 0.744. The zero-order valence-electron chi connectivity index (χ0n) is 9.94. The minimum Gasteiger partial charge on any atom is -0.207 e. The number of benzene rings is 1. The van der Waals surface area contributed by atoms with E-state index in [1.165, 1.54) is 28.6 Å². The first-order valence-corrected chi connectivity index (χ1v) is 6.75. The van der Waals surface area contributed by atoms with Gasteiger partial charge in [-0.2, -0.15) is 20.1 Å². The third kappa shape index (κ3) is 2.94. The molecule has 0 spiro atoms. The first-order chi connectivity index (χ1) is 9.70. The summed E-state index contributed by atoms with van der Waals surface area (Å²) in [5.41, 5.74) is 0. The molecule has 0 atom stereocenters. The lowest BCUT2D eigenvalue weighted by Crippen LogP contribution is -2.04. The van der Waals surface area contributed by atoms with Gasteiger partial charge in [0.15, 0.2) is 5.16 Å². The SMILES string of the molecule is Fc1ccc(Sc2nc(Cl)nc(-n3cccn3)n2)cc1. The lowest BCUT2D eigenvalue weighted by Gasteiger charge is -2.03. The van der Waals surface area contributed by atoms with Crippen molar-refractivity contribution >= 4 is 23.4 Å². The monoisotopic (exact) mass is 307 g/mol. The first-order valence-electron chi connectivity index (χ1n) is 5.56. The van der Waals surface area contributed by atoms with E-state index in [4.69, 9.17) is 11.6 Å². The van der Waals surface area contributed by atoms with Crippen molar-refractivity contribution in [3.63, 3.8) is 0 Å². The molecule has 0 aliphatic carbocycles. The van der Waals surface area contributed by atoms with Crippen LogP contribution in [-0.4, -0.2) is 24.7 Å². The average molecular weight is 308 g/mol. The van der Waals surface area contributed by atoms with Crippen LogP contribution in [-0.2, 0) is 0 Å². The van der Waals surface area contributed by atoms with Crippen LogP contribution in [0.25, 0.3) is 5.95 Å². The van der Waals surface area contributed by atoms with Crippen molar-refractivity contribution in [1.82, 2.24) is 24.7 Å². The number of rotatable bonds is 3. The second-order valence-electron chi connectivity index (χ2n) is 3.69. The Hall–Kier alpha value is -1.99. The molecule has 0 saturated heterocycles. The van der Waals surface area contributed by atoms with Gasteiger partial charge in [0, 0.05) is 17.3 Å². The molecule has 5 nitrogen and oxygen atoms in total.